The van der Waals surface area contributed by atoms with E-state index in [1.54, 1.807) is 0 Å². The lowest BCUT2D eigenvalue weighted by molar-refractivity contribution is 0.234. The molecule has 1 aromatic carbocycles. The van der Waals surface area contributed by atoms with Crippen LogP contribution in [0.5, 0.6) is 0 Å². The quantitative estimate of drug-likeness (QED) is 0.351. The number of piperidine rings is 1. The van der Waals surface area contributed by atoms with Gasteiger partial charge in [0, 0.05) is 19.6 Å². The maximum atomic E-state index is 4.60. The number of guanidine groups is 1. The molecule has 1 N–H and O–H groups in total. The van der Waals surface area contributed by atoms with Crippen LogP contribution in [0.1, 0.15) is 31.7 Å². The molecule has 0 saturated carbocycles. The van der Waals surface area contributed by atoms with Crippen molar-refractivity contribution in [1.29, 1.82) is 0 Å². The predicted molar refractivity (Wildman–Crippen MR) is 106 cm³/mol. The number of hydrogen-bond donors (Lipinski definition) is 1. The third-order valence-corrected chi connectivity index (χ3v) is 4.14. The van der Waals surface area contributed by atoms with E-state index in [0.29, 0.717) is 18.4 Å². The molecule has 0 aliphatic carbocycles. The predicted octanol–water partition coefficient (Wildman–Crippen LogP) is 3.88. The van der Waals surface area contributed by atoms with Crippen LogP contribution in [0.2, 0.25) is 0 Å². The number of aliphatic imine (C=N–C) groups is 1. The summed E-state index contributed by atoms with van der Waals surface area (Å²) >= 11 is 0. The molecular formula is C18H28IN3. The zero-order chi connectivity index (χ0) is 15.1. The smallest absolute Gasteiger partial charge is 0.194 e. The van der Waals surface area contributed by atoms with Gasteiger partial charge >= 0.3 is 0 Å². The van der Waals surface area contributed by atoms with Crippen molar-refractivity contribution in [2.45, 2.75) is 26.2 Å². The van der Waals surface area contributed by atoms with Gasteiger partial charge in [-0.3, -0.25) is 0 Å². The van der Waals surface area contributed by atoms with E-state index in [0.717, 1.165) is 25.6 Å². The van der Waals surface area contributed by atoms with Crippen LogP contribution in [-0.2, 0) is 0 Å². The van der Waals surface area contributed by atoms with E-state index < -0.39 is 0 Å². The fourth-order valence-electron chi connectivity index (χ4n) is 3.11. The number of rotatable bonds is 4. The van der Waals surface area contributed by atoms with Crippen molar-refractivity contribution < 1.29 is 0 Å². The molecule has 2 rings (SSSR count). The lowest BCUT2D eigenvalue weighted by Gasteiger charge is -2.39. The van der Waals surface area contributed by atoms with Gasteiger partial charge in [0.15, 0.2) is 5.96 Å². The van der Waals surface area contributed by atoms with Crippen LogP contribution in [0.15, 0.2) is 48.0 Å². The molecule has 1 aliphatic heterocycles. The lowest BCUT2D eigenvalue weighted by Crippen LogP contribution is -2.48. The largest absolute Gasteiger partial charge is 0.357 e. The van der Waals surface area contributed by atoms with Crippen molar-refractivity contribution in [3.05, 3.63) is 48.6 Å². The van der Waals surface area contributed by atoms with E-state index in [-0.39, 0.29) is 24.0 Å². The minimum absolute atomic E-state index is 0. The molecular weight excluding hydrogens is 385 g/mol. The summed E-state index contributed by atoms with van der Waals surface area (Å²) in [5, 5.41) is 3.39. The first-order valence-electron chi connectivity index (χ1n) is 7.95. The monoisotopic (exact) mass is 413 g/mol. The maximum absolute atomic E-state index is 4.60. The van der Waals surface area contributed by atoms with Crippen LogP contribution in [0, 0.1) is 5.92 Å². The van der Waals surface area contributed by atoms with Gasteiger partial charge in [0.05, 0.1) is 6.54 Å². The highest BCUT2D eigenvalue weighted by atomic mass is 127. The molecule has 3 nitrogen and oxygen atoms in total. The van der Waals surface area contributed by atoms with E-state index in [1.165, 1.54) is 12.0 Å². The van der Waals surface area contributed by atoms with Crippen molar-refractivity contribution in [1.82, 2.24) is 10.2 Å². The summed E-state index contributed by atoms with van der Waals surface area (Å²) in [6.45, 7) is 11.9. The highest BCUT2D eigenvalue weighted by Crippen LogP contribution is 2.32. The maximum Gasteiger partial charge on any atom is 0.194 e. The molecule has 0 spiro atoms. The average Bonchev–Trinajstić information content (AvgIpc) is 2.52. The molecule has 0 bridgehead atoms. The Balaban J connectivity index is 0.00000242. The van der Waals surface area contributed by atoms with Gasteiger partial charge in [0.2, 0.25) is 0 Å². The van der Waals surface area contributed by atoms with Gasteiger partial charge < -0.3 is 10.2 Å². The van der Waals surface area contributed by atoms with Gasteiger partial charge in [-0.25, -0.2) is 4.99 Å². The zero-order valence-corrected chi connectivity index (χ0v) is 16.0. The molecule has 0 radical (unpaired) electrons. The highest BCUT2D eigenvalue weighted by molar-refractivity contribution is 14.0. The van der Waals surface area contributed by atoms with E-state index in [4.69, 9.17) is 0 Å². The molecule has 1 aromatic rings. The highest BCUT2D eigenvalue weighted by Gasteiger charge is 2.28. The van der Waals surface area contributed by atoms with Gasteiger partial charge in [0.1, 0.15) is 0 Å². The van der Waals surface area contributed by atoms with Gasteiger partial charge in [-0.1, -0.05) is 43.3 Å². The van der Waals surface area contributed by atoms with Gasteiger partial charge in [-0.15, -0.1) is 30.6 Å². The molecule has 1 fully saturated rings. The Kier molecular flexibility index (Phi) is 8.53. The third-order valence-electron chi connectivity index (χ3n) is 4.14. The Morgan fingerprint density at radius 2 is 2.14 bits per heavy atom. The van der Waals surface area contributed by atoms with Crippen molar-refractivity contribution in [3.8, 4) is 0 Å². The number of halogens is 1. The Bertz CT molecular complexity index is 472. The molecule has 1 aliphatic rings. The normalized spacial score (nSPS) is 21.9. The summed E-state index contributed by atoms with van der Waals surface area (Å²) in [5.41, 5.74) is 1.47. The standard InChI is InChI=1S/C18H27N3.HI/c1-4-12-20-18(19-5-2)21-13-11-17(15(3)14-21)16-9-7-6-8-10-16;/h4,6-10,15,17H,1,5,11-14H2,2-3H3,(H,19,20);1H. The van der Waals surface area contributed by atoms with Crippen molar-refractivity contribution in [3.63, 3.8) is 0 Å². The SMILES string of the molecule is C=CCN=C(NCC)N1CCC(c2ccccc2)C(C)C1.I. The zero-order valence-electron chi connectivity index (χ0n) is 13.7. The molecule has 0 aromatic heterocycles. The van der Waals surface area contributed by atoms with Crippen LogP contribution in [-0.4, -0.2) is 37.0 Å². The van der Waals surface area contributed by atoms with Gasteiger partial charge in [-0.05, 0) is 30.7 Å². The number of benzene rings is 1. The van der Waals surface area contributed by atoms with Crippen LogP contribution >= 0.6 is 24.0 Å². The van der Waals surface area contributed by atoms with E-state index >= 15 is 0 Å². The Morgan fingerprint density at radius 1 is 1.41 bits per heavy atom. The summed E-state index contributed by atoms with van der Waals surface area (Å²) in [4.78, 5) is 6.99. The van der Waals surface area contributed by atoms with Crippen LogP contribution in [0.25, 0.3) is 0 Å². The number of nitrogens with one attached hydrogen (secondary N) is 1. The number of nitrogens with zero attached hydrogens (tertiary/aromatic N) is 2. The van der Waals surface area contributed by atoms with Crippen molar-refractivity contribution in [2.24, 2.45) is 10.9 Å². The first-order chi connectivity index (χ1) is 10.3. The Labute approximate surface area is 151 Å². The first kappa shape index (κ1) is 19.0. The number of likely N-dealkylation sites (tertiary alicyclic amines) is 1. The average molecular weight is 413 g/mol. The van der Waals surface area contributed by atoms with E-state index in [9.17, 15) is 0 Å². The summed E-state index contributed by atoms with van der Waals surface area (Å²) in [6, 6.07) is 10.9. The van der Waals surface area contributed by atoms with Crippen LogP contribution in [0.3, 0.4) is 0 Å². The molecule has 0 amide bonds. The lowest BCUT2D eigenvalue weighted by atomic mass is 9.82. The van der Waals surface area contributed by atoms with Gasteiger partial charge in [-0.2, -0.15) is 0 Å². The van der Waals surface area contributed by atoms with E-state index in [1.807, 2.05) is 6.08 Å². The van der Waals surface area contributed by atoms with Crippen molar-refractivity contribution in [2.75, 3.05) is 26.2 Å². The van der Waals surface area contributed by atoms with E-state index in [2.05, 4.69) is 66.0 Å². The van der Waals surface area contributed by atoms with Crippen LogP contribution in [0.4, 0.5) is 0 Å². The molecule has 4 heteroatoms. The minimum atomic E-state index is 0. The molecule has 22 heavy (non-hydrogen) atoms. The summed E-state index contributed by atoms with van der Waals surface area (Å²) in [5.74, 6) is 2.31. The minimum Gasteiger partial charge on any atom is -0.357 e. The second kappa shape index (κ2) is 9.87. The fraction of sp³-hybridized carbons (Fsp3) is 0.500. The topological polar surface area (TPSA) is 27.6 Å². The second-order valence-electron chi connectivity index (χ2n) is 5.71. The van der Waals surface area contributed by atoms with Gasteiger partial charge in [0.25, 0.3) is 0 Å². The molecule has 2 unspecified atom stereocenters. The van der Waals surface area contributed by atoms with Crippen molar-refractivity contribution >= 4 is 29.9 Å². The molecule has 1 saturated heterocycles. The second-order valence-corrected chi connectivity index (χ2v) is 5.71. The Morgan fingerprint density at radius 3 is 2.73 bits per heavy atom. The third kappa shape index (κ3) is 5.00. The Hall–Kier alpha value is -1.04. The summed E-state index contributed by atoms with van der Waals surface area (Å²) in [7, 11) is 0. The molecule has 122 valence electrons. The summed E-state index contributed by atoms with van der Waals surface area (Å²) < 4.78 is 0. The molecule has 2 atom stereocenters. The molecule has 1 heterocycles. The first-order valence-corrected chi connectivity index (χ1v) is 7.95. The number of hydrogen-bond acceptors (Lipinski definition) is 1. The summed E-state index contributed by atoms with van der Waals surface area (Å²) in [6.07, 6.45) is 3.03. The van der Waals surface area contributed by atoms with Crippen LogP contribution < -0.4 is 5.32 Å². The fourth-order valence-corrected chi connectivity index (χ4v) is 3.11.